The molecule has 0 amide bonds. The number of hydrogen-bond donors (Lipinski definition) is 0. The number of aryl methyl sites for hydroxylation is 6. The maximum Gasteiger partial charge on any atom is 0.0714 e. The summed E-state index contributed by atoms with van der Waals surface area (Å²) >= 11 is 0. The highest BCUT2D eigenvalue weighted by atomic mass is 15.2. The lowest BCUT2D eigenvalue weighted by Crippen LogP contribution is -2.29. The first kappa shape index (κ1) is 96.5. The number of benzene rings is 13. The quantitative estimate of drug-likeness (QED) is 0.0277. The third kappa shape index (κ3) is 21.6. The average Bonchev–Trinajstić information content (AvgIpc) is 1.52. The zero-order valence-electron chi connectivity index (χ0n) is 83.3. The van der Waals surface area contributed by atoms with E-state index in [0.717, 1.165) is 111 Å². The van der Waals surface area contributed by atoms with Gasteiger partial charge < -0.3 is 9.80 Å². The first-order chi connectivity index (χ1) is 66.4. The summed E-state index contributed by atoms with van der Waals surface area (Å²) in [5.74, 6) is 0. The molecule has 2 heteroatoms. The molecule has 135 heavy (non-hydrogen) atoms. The molecule has 13 aromatic rings. The third-order valence-corrected chi connectivity index (χ3v) is 30.6. The van der Waals surface area contributed by atoms with E-state index in [1.807, 2.05) is 12.2 Å². The SMILES string of the molecule is C=C/C=C\CCCC1(CCC/C=C\C=C)c2cc(C)ccc2-c2ccc(-c3ccc(N(c4ccc(-c5ccc6c(c5)C(CCCCCCCC)(CCCCCCCC)c5cc(-c7ccc8c(c7)C(c7cccc(CCCCCC)c7)(c7cccc(CCCCCC)c7)c7cc(C)ccc7-8)ccc5-6)cc4)c4ccc(N(c5ccc(CCCC)cc5)c5ccc(CCCC)cc5)cc4)cc3)cc21. The number of unbranched alkanes of at least 4 members (excludes halogenated alkanes) is 20. The smallest absolute Gasteiger partial charge is 0.0714 e. The number of rotatable bonds is 51. The summed E-state index contributed by atoms with van der Waals surface area (Å²) in [6.45, 7) is 26.5. The Bertz CT molecular complexity index is 5990. The predicted molar refractivity (Wildman–Crippen MR) is 587 cm³/mol. The average molecular weight is 1780 g/mol. The Labute approximate surface area is 814 Å². The number of nitrogens with zero attached hydrogens (tertiary/aromatic N) is 2. The number of fused-ring (bicyclic) bond motifs is 9. The van der Waals surface area contributed by atoms with Gasteiger partial charge in [0.25, 0.3) is 0 Å². The molecule has 0 atom stereocenters. The molecule has 2 nitrogen and oxygen atoms in total. The summed E-state index contributed by atoms with van der Waals surface area (Å²) in [6, 6.07) is 112. The molecule has 16 rings (SSSR count). The maximum atomic E-state index is 4.01. The fourth-order valence-electron chi connectivity index (χ4n) is 23.3. The Balaban J connectivity index is 0.798. The van der Waals surface area contributed by atoms with Crippen molar-refractivity contribution in [2.75, 3.05) is 9.80 Å². The summed E-state index contributed by atoms with van der Waals surface area (Å²) in [4.78, 5) is 4.94. The number of anilines is 6. The Hall–Kier alpha value is -11.6. The summed E-state index contributed by atoms with van der Waals surface area (Å²) in [5.41, 5.74) is 41.8. The molecule has 0 aromatic heterocycles. The van der Waals surface area contributed by atoms with Gasteiger partial charge in [-0.1, -0.05) is 413 Å². The van der Waals surface area contributed by atoms with E-state index in [4.69, 9.17) is 0 Å². The van der Waals surface area contributed by atoms with Gasteiger partial charge in [0.1, 0.15) is 0 Å². The molecule has 0 saturated heterocycles. The van der Waals surface area contributed by atoms with Gasteiger partial charge in [-0.15, -0.1) is 0 Å². The Morgan fingerprint density at radius 3 is 0.881 bits per heavy atom. The molecular formula is C133H152N2. The van der Waals surface area contributed by atoms with E-state index in [1.54, 1.807) is 0 Å². The van der Waals surface area contributed by atoms with Crippen molar-refractivity contribution in [2.24, 2.45) is 0 Å². The summed E-state index contributed by atoms with van der Waals surface area (Å²) < 4.78 is 0. The van der Waals surface area contributed by atoms with E-state index in [0.29, 0.717) is 0 Å². The first-order valence-corrected chi connectivity index (χ1v) is 53.1. The lowest BCUT2D eigenvalue weighted by Gasteiger charge is -2.35. The monoisotopic (exact) mass is 1780 g/mol. The summed E-state index contributed by atoms with van der Waals surface area (Å²) in [5, 5.41) is 0. The van der Waals surface area contributed by atoms with Crippen LogP contribution >= 0.6 is 0 Å². The second kappa shape index (κ2) is 46.8. The molecule has 0 unspecified atom stereocenters. The van der Waals surface area contributed by atoms with Crippen LogP contribution in [0.15, 0.2) is 329 Å². The van der Waals surface area contributed by atoms with E-state index in [-0.39, 0.29) is 10.8 Å². The highest BCUT2D eigenvalue weighted by molar-refractivity contribution is 5.92. The zero-order valence-corrected chi connectivity index (χ0v) is 83.3. The van der Waals surface area contributed by atoms with Crippen LogP contribution in [0.25, 0.3) is 66.8 Å². The standard InChI is InChI=1S/C133H152N2/c1-11-19-27-33-37-43-89-132(90-44-38-34-28-20-12-2)127-96-108(66-84-121(127)122-85-67-109(97-128(122)132)110-68-86-124-123-82-56-100(10)92-129(123)133(130(124)98-110,111-53-45-51-103(93-111)49-39-31-23-15-5)112-54-46-52-104(94-112)50-40-32-24-16-6)106-63-75-116(76-64-106)135(118-79-77-117(78-80-118)134(113-69-57-101(58-70-113)47-25-17-7)114-71-59-102(60-72-114)48-26-18-8)115-73-61-105(62-74-115)107-65-83-120-119-81-55-99(9)91-125(119)131(126(120)95-107,87-41-35-29-21-13-3)88-42-36-30-22-14-4/h13-14,21-22,29-30,45-46,51-86,91-98H,3-4,11-12,15-20,23-28,31-44,47-50,87-90H2,1-2,5-10H3/b29-21-,30-22-. The van der Waals surface area contributed by atoms with Gasteiger partial charge in [0, 0.05) is 45.0 Å². The van der Waals surface area contributed by atoms with Gasteiger partial charge in [-0.05, 0) is 347 Å². The minimum absolute atomic E-state index is 0.118. The number of hydrogen-bond acceptors (Lipinski definition) is 2. The molecule has 3 aliphatic carbocycles. The first-order valence-electron chi connectivity index (χ1n) is 53.1. The van der Waals surface area contributed by atoms with E-state index < -0.39 is 5.41 Å². The van der Waals surface area contributed by atoms with Crippen LogP contribution in [0, 0.1) is 13.8 Å². The molecule has 0 bridgehead atoms. The molecule has 13 aromatic carbocycles. The summed E-state index contributed by atoms with van der Waals surface area (Å²) in [6.07, 6.45) is 55.6. The molecule has 0 spiro atoms. The van der Waals surface area contributed by atoms with Crippen molar-refractivity contribution in [3.05, 3.63) is 407 Å². The maximum absolute atomic E-state index is 4.01. The minimum Gasteiger partial charge on any atom is -0.311 e. The van der Waals surface area contributed by atoms with Crippen LogP contribution in [-0.4, -0.2) is 0 Å². The van der Waals surface area contributed by atoms with Crippen molar-refractivity contribution in [1.82, 2.24) is 0 Å². The van der Waals surface area contributed by atoms with Gasteiger partial charge in [0.15, 0.2) is 0 Å². The molecule has 0 fully saturated rings. The van der Waals surface area contributed by atoms with Gasteiger partial charge in [-0.25, -0.2) is 0 Å². The Morgan fingerprint density at radius 1 is 0.237 bits per heavy atom. The van der Waals surface area contributed by atoms with Gasteiger partial charge in [-0.2, -0.15) is 0 Å². The van der Waals surface area contributed by atoms with Crippen molar-refractivity contribution in [1.29, 1.82) is 0 Å². The van der Waals surface area contributed by atoms with E-state index in [9.17, 15) is 0 Å². The lowest BCUT2D eigenvalue weighted by atomic mass is 9.66. The van der Waals surface area contributed by atoms with Crippen LogP contribution in [0.2, 0.25) is 0 Å². The van der Waals surface area contributed by atoms with Gasteiger partial charge in [0.05, 0.1) is 5.41 Å². The van der Waals surface area contributed by atoms with Gasteiger partial charge in [0.2, 0.25) is 0 Å². The minimum atomic E-state index is -0.520. The number of allylic oxidation sites excluding steroid dienone is 6. The van der Waals surface area contributed by atoms with Crippen LogP contribution in [0.5, 0.6) is 0 Å². The molecule has 0 aliphatic heterocycles. The third-order valence-electron chi connectivity index (χ3n) is 30.6. The highest BCUT2D eigenvalue weighted by Crippen LogP contribution is 2.61. The van der Waals surface area contributed by atoms with E-state index in [1.165, 1.54) is 299 Å². The lowest BCUT2D eigenvalue weighted by molar-refractivity contribution is 0.398. The van der Waals surface area contributed by atoms with Crippen LogP contribution in [0.4, 0.5) is 34.1 Å². The second-order valence-corrected chi connectivity index (χ2v) is 40.0. The van der Waals surface area contributed by atoms with Crippen molar-refractivity contribution in [2.45, 2.75) is 303 Å². The molecule has 0 saturated carbocycles. The van der Waals surface area contributed by atoms with Crippen LogP contribution in [0.3, 0.4) is 0 Å². The van der Waals surface area contributed by atoms with Crippen molar-refractivity contribution < 1.29 is 0 Å². The van der Waals surface area contributed by atoms with Crippen LogP contribution < -0.4 is 9.80 Å². The van der Waals surface area contributed by atoms with Crippen molar-refractivity contribution in [3.63, 3.8) is 0 Å². The molecule has 0 N–H and O–H groups in total. The fourth-order valence-corrected chi connectivity index (χ4v) is 23.3. The second-order valence-electron chi connectivity index (χ2n) is 40.0. The van der Waals surface area contributed by atoms with Gasteiger partial charge >= 0.3 is 0 Å². The molecule has 694 valence electrons. The van der Waals surface area contributed by atoms with Crippen molar-refractivity contribution >= 4 is 34.1 Å². The largest absolute Gasteiger partial charge is 0.311 e. The normalized spacial score (nSPS) is 13.4. The van der Waals surface area contributed by atoms with Crippen LogP contribution in [0.1, 0.15) is 325 Å². The predicted octanol–water partition coefficient (Wildman–Crippen LogP) is 39.4. The van der Waals surface area contributed by atoms with Gasteiger partial charge in [-0.3, -0.25) is 0 Å². The molecule has 0 heterocycles. The van der Waals surface area contributed by atoms with E-state index in [2.05, 4.69) is 382 Å². The summed E-state index contributed by atoms with van der Waals surface area (Å²) in [7, 11) is 0. The Kier molecular flexibility index (Phi) is 33.5. The van der Waals surface area contributed by atoms with E-state index >= 15 is 0 Å². The van der Waals surface area contributed by atoms with Crippen molar-refractivity contribution in [3.8, 4) is 66.8 Å². The fraction of sp³-hybridized carbons (Fsp3) is 0.353. The molecule has 3 aliphatic rings. The Morgan fingerprint density at radius 2 is 0.511 bits per heavy atom. The zero-order chi connectivity index (χ0) is 93.4. The van der Waals surface area contributed by atoms with Crippen LogP contribution in [-0.2, 0) is 41.9 Å². The highest BCUT2D eigenvalue weighted by Gasteiger charge is 2.48. The topological polar surface area (TPSA) is 6.48 Å². The molecule has 0 radical (unpaired) electrons. The molecular weight excluding hydrogens is 1630 g/mol.